The zero-order chi connectivity index (χ0) is 21.5. The average Bonchev–Trinajstić information content (AvgIpc) is 3.32. The lowest BCUT2D eigenvalue weighted by molar-refractivity contribution is 0.122. The van der Waals surface area contributed by atoms with Crippen LogP contribution < -0.4 is 4.90 Å². The molecule has 6 nitrogen and oxygen atoms in total. The second kappa shape index (κ2) is 8.04. The number of anilines is 1. The van der Waals surface area contributed by atoms with E-state index in [2.05, 4.69) is 75.6 Å². The van der Waals surface area contributed by atoms with Crippen molar-refractivity contribution in [2.24, 2.45) is 0 Å². The second-order valence-corrected chi connectivity index (χ2v) is 8.76. The summed E-state index contributed by atoms with van der Waals surface area (Å²) in [5, 5.41) is 10.2. The van der Waals surface area contributed by atoms with Gasteiger partial charge in [-0.25, -0.2) is 0 Å². The van der Waals surface area contributed by atoms with Gasteiger partial charge in [-0.1, -0.05) is 24.3 Å². The van der Waals surface area contributed by atoms with Crippen LogP contribution in [-0.4, -0.2) is 55.0 Å². The van der Waals surface area contributed by atoms with E-state index in [0.29, 0.717) is 5.92 Å². The van der Waals surface area contributed by atoms with Gasteiger partial charge in [0.15, 0.2) is 5.82 Å². The van der Waals surface area contributed by atoms with E-state index >= 15 is 0 Å². The Balaban J connectivity index is 1.31. The van der Waals surface area contributed by atoms with Gasteiger partial charge in [-0.05, 0) is 54.1 Å². The fourth-order valence-corrected chi connectivity index (χ4v) is 4.92. The maximum Gasteiger partial charge on any atom is 0.151 e. The number of hydrogen-bond acceptors (Lipinski definition) is 6. The van der Waals surface area contributed by atoms with Crippen LogP contribution in [0.25, 0.3) is 22.2 Å². The molecule has 32 heavy (non-hydrogen) atoms. The van der Waals surface area contributed by atoms with Crippen LogP contribution in [-0.2, 0) is 11.3 Å². The molecule has 2 aliphatic heterocycles. The van der Waals surface area contributed by atoms with Crippen LogP contribution in [0, 0.1) is 0 Å². The summed E-state index contributed by atoms with van der Waals surface area (Å²) in [6, 6.07) is 19.5. The summed E-state index contributed by atoms with van der Waals surface area (Å²) in [5.74, 6) is 1.24. The molecule has 162 valence electrons. The minimum absolute atomic E-state index is 0.321. The molecule has 0 N–H and O–H groups in total. The molecule has 0 saturated carbocycles. The fraction of sp³-hybridized carbons (Fsp3) is 0.308. The van der Waals surface area contributed by atoms with Crippen molar-refractivity contribution in [3.8, 4) is 11.3 Å². The maximum absolute atomic E-state index is 5.66. The van der Waals surface area contributed by atoms with E-state index in [0.717, 1.165) is 67.4 Å². The van der Waals surface area contributed by atoms with Crippen LogP contribution >= 0.6 is 0 Å². The van der Waals surface area contributed by atoms with Gasteiger partial charge in [-0.3, -0.25) is 0 Å². The average molecular weight is 427 g/mol. The molecule has 6 rings (SSSR count). The third-order valence-corrected chi connectivity index (χ3v) is 6.62. The van der Waals surface area contributed by atoms with Gasteiger partial charge in [-0.2, -0.15) is 0 Å². The number of hydrogen-bond donors (Lipinski definition) is 0. The molecule has 0 amide bonds. The number of ether oxygens (including phenoxy) is 1. The van der Waals surface area contributed by atoms with Gasteiger partial charge in [0.1, 0.15) is 5.58 Å². The van der Waals surface area contributed by atoms with Crippen LogP contribution in [0.4, 0.5) is 5.82 Å². The SMILES string of the molecule is CN1Cc2cc(-c3ccc(N4CCOCC4)nn3)ccc2C(c2ccc3ccoc3c2)C1. The van der Waals surface area contributed by atoms with Gasteiger partial charge in [0.25, 0.3) is 0 Å². The second-order valence-electron chi connectivity index (χ2n) is 8.76. The molecule has 4 heterocycles. The van der Waals surface area contributed by atoms with Crippen molar-refractivity contribution in [2.45, 2.75) is 12.5 Å². The zero-order valence-corrected chi connectivity index (χ0v) is 18.2. The molecule has 6 heteroatoms. The largest absolute Gasteiger partial charge is 0.464 e. The van der Waals surface area contributed by atoms with Crippen molar-refractivity contribution in [1.29, 1.82) is 0 Å². The minimum atomic E-state index is 0.321. The molecule has 2 aromatic heterocycles. The third kappa shape index (κ3) is 3.55. The van der Waals surface area contributed by atoms with E-state index in [-0.39, 0.29) is 0 Å². The molecular formula is C26H26N4O2. The monoisotopic (exact) mass is 426 g/mol. The lowest BCUT2D eigenvalue weighted by atomic mass is 9.83. The zero-order valence-electron chi connectivity index (χ0n) is 18.2. The predicted molar refractivity (Wildman–Crippen MR) is 125 cm³/mol. The van der Waals surface area contributed by atoms with Crippen molar-refractivity contribution in [1.82, 2.24) is 15.1 Å². The Labute approximate surface area is 187 Å². The first-order valence-electron chi connectivity index (χ1n) is 11.2. The maximum atomic E-state index is 5.66. The molecule has 1 fully saturated rings. The van der Waals surface area contributed by atoms with Crippen molar-refractivity contribution in [2.75, 3.05) is 44.8 Å². The quantitative estimate of drug-likeness (QED) is 0.487. The molecule has 1 unspecified atom stereocenters. The van der Waals surface area contributed by atoms with Crippen molar-refractivity contribution in [3.63, 3.8) is 0 Å². The highest BCUT2D eigenvalue weighted by Gasteiger charge is 2.26. The number of morpholine rings is 1. The van der Waals surface area contributed by atoms with Gasteiger partial charge < -0.3 is 19.0 Å². The van der Waals surface area contributed by atoms with E-state index in [1.54, 1.807) is 6.26 Å². The summed E-state index contributed by atoms with van der Waals surface area (Å²) in [6.07, 6.45) is 1.76. The first kappa shape index (κ1) is 19.5. The summed E-state index contributed by atoms with van der Waals surface area (Å²) in [7, 11) is 2.19. The molecule has 0 spiro atoms. The Hall–Kier alpha value is -3.22. The molecule has 1 atom stereocenters. The van der Waals surface area contributed by atoms with Crippen LogP contribution in [0.3, 0.4) is 0 Å². The molecule has 0 bridgehead atoms. The van der Waals surface area contributed by atoms with E-state index in [1.807, 2.05) is 6.07 Å². The number of rotatable bonds is 3. The minimum Gasteiger partial charge on any atom is -0.464 e. The Kier molecular flexibility index (Phi) is 4.89. The van der Waals surface area contributed by atoms with Crippen molar-refractivity contribution >= 4 is 16.8 Å². The number of likely N-dealkylation sites (N-methyl/N-ethyl adjacent to an activating group) is 1. The molecule has 2 aliphatic rings. The Morgan fingerprint density at radius 1 is 0.938 bits per heavy atom. The summed E-state index contributed by atoms with van der Waals surface area (Å²) < 4.78 is 11.1. The fourth-order valence-electron chi connectivity index (χ4n) is 4.92. The van der Waals surface area contributed by atoms with E-state index in [9.17, 15) is 0 Å². The summed E-state index contributed by atoms with van der Waals surface area (Å²) >= 11 is 0. The number of benzene rings is 2. The van der Waals surface area contributed by atoms with Gasteiger partial charge in [-0.15, -0.1) is 10.2 Å². The summed E-state index contributed by atoms with van der Waals surface area (Å²) in [4.78, 5) is 4.61. The third-order valence-electron chi connectivity index (χ3n) is 6.62. The van der Waals surface area contributed by atoms with E-state index in [1.165, 1.54) is 16.7 Å². The number of aromatic nitrogens is 2. The first-order chi connectivity index (χ1) is 15.7. The Bertz CT molecular complexity index is 1240. The topological polar surface area (TPSA) is 54.6 Å². The normalized spacial score (nSPS) is 19.3. The molecule has 0 aliphatic carbocycles. The van der Waals surface area contributed by atoms with E-state index in [4.69, 9.17) is 9.15 Å². The first-order valence-corrected chi connectivity index (χ1v) is 11.2. The summed E-state index contributed by atoms with van der Waals surface area (Å²) in [5.41, 5.74) is 6.99. The van der Waals surface area contributed by atoms with Crippen LogP contribution in [0.5, 0.6) is 0 Å². The van der Waals surface area contributed by atoms with Gasteiger partial charge in [0.2, 0.25) is 0 Å². The van der Waals surface area contributed by atoms with Crippen molar-refractivity contribution in [3.05, 3.63) is 77.6 Å². The Morgan fingerprint density at radius 2 is 1.84 bits per heavy atom. The highest BCUT2D eigenvalue weighted by molar-refractivity contribution is 5.78. The molecule has 0 radical (unpaired) electrons. The Morgan fingerprint density at radius 3 is 2.69 bits per heavy atom. The van der Waals surface area contributed by atoms with Crippen LogP contribution in [0.1, 0.15) is 22.6 Å². The number of fused-ring (bicyclic) bond motifs is 2. The van der Waals surface area contributed by atoms with Crippen molar-refractivity contribution < 1.29 is 9.15 Å². The van der Waals surface area contributed by atoms with Gasteiger partial charge >= 0.3 is 0 Å². The number of nitrogens with zero attached hydrogens (tertiary/aromatic N) is 4. The lowest BCUT2D eigenvalue weighted by Gasteiger charge is -2.33. The predicted octanol–water partition coefficient (Wildman–Crippen LogP) is 4.30. The smallest absolute Gasteiger partial charge is 0.151 e. The van der Waals surface area contributed by atoms with Crippen LogP contribution in [0.15, 0.2) is 65.3 Å². The van der Waals surface area contributed by atoms with E-state index < -0.39 is 0 Å². The molecule has 2 aromatic carbocycles. The number of furan rings is 1. The standard InChI is InChI=1S/C26H26N4O2/c1-29-16-21-14-20(24-6-7-26(28-27-24)30-9-12-31-13-10-30)4-5-22(21)23(17-29)19-3-2-18-8-11-32-25(18)15-19/h2-8,11,14-15,23H,9-10,12-13,16-17H2,1H3. The van der Waals surface area contributed by atoms with Crippen LogP contribution in [0.2, 0.25) is 0 Å². The molecule has 1 saturated heterocycles. The lowest BCUT2D eigenvalue weighted by Crippen LogP contribution is -2.36. The van der Waals surface area contributed by atoms with Gasteiger partial charge in [0.05, 0.1) is 25.2 Å². The molecule has 4 aromatic rings. The highest BCUT2D eigenvalue weighted by Crippen LogP contribution is 2.36. The molecular weight excluding hydrogens is 400 g/mol. The van der Waals surface area contributed by atoms with Gasteiger partial charge in [0, 0.05) is 43.0 Å². The summed E-state index contributed by atoms with van der Waals surface area (Å²) in [6.45, 7) is 5.15. The highest BCUT2D eigenvalue weighted by atomic mass is 16.5.